The highest BCUT2D eigenvalue weighted by molar-refractivity contribution is 9.09. The third kappa shape index (κ3) is 2.87. The first-order valence-corrected chi connectivity index (χ1v) is 7.90. The lowest BCUT2D eigenvalue weighted by Gasteiger charge is -2.15. The Morgan fingerprint density at radius 1 is 1.26 bits per heavy atom. The van der Waals surface area contributed by atoms with Gasteiger partial charge in [0, 0.05) is 23.6 Å². The number of carbonyl (C=O) groups excluding carboxylic acids is 1. The zero-order chi connectivity index (χ0) is 17.3. The normalized spacial score (nSPS) is 11.0. The lowest BCUT2D eigenvalue weighted by atomic mass is 10.0. The highest BCUT2D eigenvalue weighted by atomic mass is 79.9. The zero-order valence-electron chi connectivity index (χ0n) is 12.4. The van der Waals surface area contributed by atoms with Crippen LogP contribution in [0.1, 0.15) is 22.8 Å². The summed E-state index contributed by atoms with van der Waals surface area (Å²) in [6.07, 6.45) is 1.10. The van der Waals surface area contributed by atoms with Gasteiger partial charge in [-0.2, -0.15) is 0 Å². The molecule has 0 saturated heterocycles. The minimum absolute atomic E-state index is 0.0415. The number of hydrogen-bond donors (Lipinski definition) is 0. The second-order valence-corrected chi connectivity index (χ2v) is 5.56. The van der Waals surface area contributed by atoms with Crippen LogP contribution in [0.3, 0.4) is 0 Å². The molecule has 23 heavy (non-hydrogen) atoms. The second-order valence-electron chi connectivity index (χ2n) is 4.77. The van der Waals surface area contributed by atoms with Crippen molar-refractivity contribution in [1.29, 1.82) is 0 Å². The van der Waals surface area contributed by atoms with Gasteiger partial charge in [0.15, 0.2) is 17.5 Å². The summed E-state index contributed by atoms with van der Waals surface area (Å²) >= 11 is 3.15. The van der Waals surface area contributed by atoms with Gasteiger partial charge in [-0.25, -0.2) is 18.0 Å². The van der Waals surface area contributed by atoms with Crippen LogP contribution >= 0.6 is 15.9 Å². The van der Waals surface area contributed by atoms with Gasteiger partial charge in [-0.3, -0.25) is 4.79 Å². The zero-order valence-corrected chi connectivity index (χ0v) is 14.0. The number of benzene rings is 1. The molecule has 4 nitrogen and oxygen atoms in total. The van der Waals surface area contributed by atoms with Crippen molar-refractivity contribution >= 4 is 32.8 Å². The summed E-state index contributed by atoms with van der Waals surface area (Å²) in [6.45, 7) is 2.91. The number of pyridine rings is 1. The largest absolute Gasteiger partial charge is 0.462 e. The lowest BCUT2D eigenvalue weighted by Crippen LogP contribution is -2.23. The Balaban J connectivity index is 2.99. The van der Waals surface area contributed by atoms with Crippen molar-refractivity contribution < 1.29 is 22.7 Å². The van der Waals surface area contributed by atoms with E-state index in [1.807, 2.05) is 0 Å². The number of alkyl halides is 1. The van der Waals surface area contributed by atoms with Crippen LogP contribution in [-0.2, 0) is 11.3 Å². The van der Waals surface area contributed by atoms with E-state index < -0.39 is 28.8 Å². The molecule has 0 radical (unpaired) electrons. The molecule has 8 heteroatoms. The van der Waals surface area contributed by atoms with Gasteiger partial charge in [0.1, 0.15) is 5.56 Å². The fourth-order valence-corrected chi connectivity index (χ4v) is 2.73. The van der Waals surface area contributed by atoms with Gasteiger partial charge in [0.2, 0.25) is 5.43 Å². The van der Waals surface area contributed by atoms with E-state index in [1.165, 1.54) is 4.57 Å². The highest BCUT2D eigenvalue weighted by Crippen LogP contribution is 2.26. The number of halogens is 4. The van der Waals surface area contributed by atoms with E-state index in [0.717, 1.165) is 13.1 Å². The van der Waals surface area contributed by atoms with Crippen LogP contribution in [0.2, 0.25) is 0 Å². The number of fused-ring (bicyclic) bond motifs is 1. The first-order valence-electron chi connectivity index (χ1n) is 6.78. The minimum atomic E-state index is -1.65. The summed E-state index contributed by atoms with van der Waals surface area (Å²) in [5.41, 5.74) is -1.97. The van der Waals surface area contributed by atoms with Crippen molar-refractivity contribution in [3.05, 3.63) is 45.0 Å². The summed E-state index contributed by atoms with van der Waals surface area (Å²) in [5.74, 6) is -5.45. The molecule has 2 rings (SSSR count). The third-order valence-electron chi connectivity index (χ3n) is 3.40. The molecule has 0 aliphatic carbocycles. The number of aromatic nitrogens is 1. The Kier molecular flexibility index (Phi) is 5.13. The Hall–Kier alpha value is -1.83. The molecular formula is C15H13BrF3NO3. The molecule has 1 heterocycles. The van der Waals surface area contributed by atoms with Gasteiger partial charge in [-0.15, -0.1) is 0 Å². The Morgan fingerprint density at radius 3 is 2.48 bits per heavy atom. The molecule has 124 valence electrons. The molecule has 0 fully saturated rings. The number of aryl methyl sites for hydroxylation is 2. The molecule has 0 aliphatic rings. The van der Waals surface area contributed by atoms with Crippen molar-refractivity contribution in [2.45, 2.75) is 20.4 Å². The highest BCUT2D eigenvalue weighted by Gasteiger charge is 2.25. The smallest absolute Gasteiger partial charge is 0.343 e. The van der Waals surface area contributed by atoms with E-state index in [-0.39, 0.29) is 35.2 Å². The average molecular weight is 392 g/mol. The SMILES string of the molecule is CCOC(=O)c1cn(CCBr)c2c(F)c(F)c(F)c(C)c2c1=O. The van der Waals surface area contributed by atoms with Crippen LogP contribution in [0.4, 0.5) is 13.2 Å². The minimum Gasteiger partial charge on any atom is -0.462 e. The van der Waals surface area contributed by atoms with Crippen LogP contribution in [0.15, 0.2) is 11.0 Å². The van der Waals surface area contributed by atoms with Crippen LogP contribution in [0, 0.1) is 24.4 Å². The molecule has 1 aromatic carbocycles. The van der Waals surface area contributed by atoms with E-state index in [4.69, 9.17) is 4.74 Å². The number of ether oxygens (including phenoxy) is 1. The van der Waals surface area contributed by atoms with Gasteiger partial charge in [0.25, 0.3) is 0 Å². The fourth-order valence-electron chi connectivity index (χ4n) is 2.34. The van der Waals surface area contributed by atoms with Crippen LogP contribution < -0.4 is 5.43 Å². The molecule has 0 amide bonds. The molecule has 2 aromatic rings. The van der Waals surface area contributed by atoms with Gasteiger partial charge in [0.05, 0.1) is 17.5 Å². The van der Waals surface area contributed by atoms with E-state index in [1.54, 1.807) is 6.92 Å². The van der Waals surface area contributed by atoms with Crippen molar-refractivity contribution in [1.82, 2.24) is 4.57 Å². The van der Waals surface area contributed by atoms with Crippen molar-refractivity contribution in [3.8, 4) is 0 Å². The molecule has 0 atom stereocenters. The number of hydrogen-bond acceptors (Lipinski definition) is 3. The lowest BCUT2D eigenvalue weighted by molar-refractivity contribution is 0.0524. The predicted molar refractivity (Wildman–Crippen MR) is 82.6 cm³/mol. The molecule has 0 unspecified atom stereocenters. The molecule has 0 aliphatic heterocycles. The Morgan fingerprint density at radius 2 is 1.91 bits per heavy atom. The first kappa shape index (κ1) is 17.5. The average Bonchev–Trinajstić information content (AvgIpc) is 2.52. The molecule has 0 N–H and O–H groups in total. The van der Waals surface area contributed by atoms with Crippen LogP contribution in [-0.4, -0.2) is 22.5 Å². The van der Waals surface area contributed by atoms with Crippen molar-refractivity contribution in [3.63, 3.8) is 0 Å². The van der Waals surface area contributed by atoms with Gasteiger partial charge >= 0.3 is 5.97 Å². The van der Waals surface area contributed by atoms with Gasteiger partial charge in [-0.1, -0.05) is 15.9 Å². The topological polar surface area (TPSA) is 48.3 Å². The first-order chi connectivity index (χ1) is 10.8. The molecule has 0 spiro atoms. The van der Waals surface area contributed by atoms with Crippen molar-refractivity contribution in [2.24, 2.45) is 0 Å². The van der Waals surface area contributed by atoms with Crippen molar-refractivity contribution in [2.75, 3.05) is 11.9 Å². The van der Waals surface area contributed by atoms with Gasteiger partial charge < -0.3 is 9.30 Å². The molecular weight excluding hydrogens is 379 g/mol. The number of carbonyl (C=O) groups is 1. The maximum absolute atomic E-state index is 14.2. The summed E-state index contributed by atoms with van der Waals surface area (Å²) < 4.78 is 47.7. The number of nitrogens with zero attached hydrogens (tertiary/aromatic N) is 1. The molecule has 0 bridgehead atoms. The third-order valence-corrected chi connectivity index (χ3v) is 3.75. The number of esters is 1. The summed E-state index contributed by atoms with van der Waals surface area (Å²) in [5, 5.41) is -0.0158. The quantitative estimate of drug-likeness (QED) is 0.456. The van der Waals surface area contributed by atoms with Crippen LogP contribution in [0.5, 0.6) is 0 Å². The van der Waals surface area contributed by atoms with E-state index >= 15 is 0 Å². The maximum Gasteiger partial charge on any atom is 0.343 e. The predicted octanol–water partition coefficient (Wildman–Crippen LogP) is 3.30. The Labute approximate surface area is 138 Å². The van der Waals surface area contributed by atoms with Gasteiger partial charge in [-0.05, 0) is 13.8 Å². The fraction of sp³-hybridized carbons (Fsp3) is 0.333. The number of rotatable bonds is 4. The maximum atomic E-state index is 14.2. The standard InChI is InChI=1S/C15H13BrF3NO3/c1-3-23-15(22)8-6-20(5-4-16)13-9(14(8)21)7(2)10(17)11(18)12(13)19/h6H,3-5H2,1-2H3. The summed E-state index contributed by atoms with van der Waals surface area (Å²) in [6, 6.07) is 0. The van der Waals surface area contributed by atoms with E-state index in [2.05, 4.69) is 15.9 Å². The van der Waals surface area contributed by atoms with E-state index in [9.17, 15) is 22.8 Å². The summed E-state index contributed by atoms with van der Waals surface area (Å²) in [7, 11) is 0. The second kappa shape index (κ2) is 6.74. The molecule has 1 aromatic heterocycles. The summed E-state index contributed by atoms with van der Waals surface area (Å²) in [4.78, 5) is 24.4. The van der Waals surface area contributed by atoms with E-state index in [0.29, 0.717) is 5.33 Å². The molecule has 0 saturated carbocycles. The monoisotopic (exact) mass is 391 g/mol. The van der Waals surface area contributed by atoms with Crippen LogP contribution in [0.25, 0.3) is 10.9 Å². The Bertz CT molecular complexity index is 848.